The van der Waals surface area contributed by atoms with Crippen LogP contribution in [-0.4, -0.2) is 27.6 Å². The van der Waals surface area contributed by atoms with Crippen LogP contribution in [0.1, 0.15) is 50.5 Å². The molecule has 0 bridgehead atoms. The first-order valence-corrected chi connectivity index (χ1v) is 12.1. The zero-order valence-electron chi connectivity index (χ0n) is 15.8. The number of hydrogen-bond acceptors (Lipinski definition) is 6. The normalized spacial score (nSPS) is 19.7. The number of carbonyl (C=O) groups is 2. The highest BCUT2D eigenvalue weighted by Crippen LogP contribution is 2.46. The lowest BCUT2D eigenvalue weighted by molar-refractivity contribution is -0.119. The minimum absolute atomic E-state index is 0.0647. The number of anilines is 1. The van der Waals surface area contributed by atoms with Gasteiger partial charge in [-0.1, -0.05) is 65.4 Å². The molecule has 2 heterocycles. The lowest BCUT2D eigenvalue weighted by atomic mass is 9.77. The zero-order chi connectivity index (χ0) is 20.5. The van der Waals surface area contributed by atoms with E-state index in [1.54, 1.807) is 28.8 Å². The summed E-state index contributed by atoms with van der Waals surface area (Å²) >= 11 is 15.7. The fraction of sp³-hybridized carbons (Fsp3) is 0.400. The van der Waals surface area contributed by atoms with E-state index in [0.717, 1.165) is 27.8 Å². The highest BCUT2D eigenvalue weighted by Gasteiger charge is 2.41. The quantitative estimate of drug-likeness (QED) is 0.405. The number of ketones is 1. The van der Waals surface area contributed by atoms with Crippen LogP contribution in [0.3, 0.4) is 0 Å². The molecule has 4 rings (SSSR count). The predicted molar refractivity (Wildman–Crippen MR) is 118 cm³/mol. The highest BCUT2D eigenvalue weighted by molar-refractivity contribution is 8.01. The average molecular weight is 468 g/mol. The molecule has 0 saturated heterocycles. The molecule has 152 valence electrons. The molecule has 1 amide bonds. The number of halogens is 2. The molecule has 1 aliphatic carbocycles. The maximum Gasteiger partial charge on any atom is 0.234 e. The van der Waals surface area contributed by atoms with Crippen molar-refractivity contribution in [3.05, 3.63) is 45.1 Å². The smallest absolute Gasteiger partial charge is 0.234 e. The second-order valence-corrected chi connectivity index (χ2v) is 10.0. The fourth-order valence-electron chi connectivity index (χ4n) is 3.81. The van der Waals surface area contributed by atoms with E-state index in [-0.39, 0.29) is 24.0 Å². The lowest BCUT2D eigenvalue weighted by Gasteiger charge is -2.37. The zero-order valence-corrected chi connectivity index (χ0v) is 18.9. The van der Waals surface area contributed by atoms with Crippen molar-refractivity contribution < 1.29 is 9.59 Å². The number of thioether (sulfide) groups is 1. The van der Waals surface area contributed by atoms with Gasteiger partial charge in [0.05, 0.1) is 10.0 Å². The Morgan fingerprint density at radius 3 is 2.86 bits per heavy atom. The van der Waals surface area contributed by atoms with E-state index in [2.05, 4.69) is 17.1 Å². The molecule has 5 nitrogen and oxygen atoms in total. The van der Waals surface area contributed by atoms with Gasteiger partial charge in [0.1, 0.15) is 0 Å². The van der Waals surface area contributed by atoms with Gasteiger partial charge in [-0.2, -0.15) is 0 Å². The number of carbonyl (C=O) groups excluding carboxylic acids is 2. The molecule has 0 fully saturated rings. The molecule has 0 saturated carbocycles. The van der Waals surface area contributed by atoms with E-state index in [4.69, 9.17) is 23.2 Å². The van der Waals surface area contributed by atoms with E-state index in [1.807, 2.05) is 6.07 Å². The molecule has 1 aromatic heterocycles. The van der Waals surface area contributed by atoms with E-state index in [1.165, 1.54) is 11.3 Å². The molecule has 0 unspecified atom stereocenters. The van der Waals surface area contributed by atoms with Crippen LogP contribution >= 0.6 is 46.3 Å². The first-order chi connectivity index (χ1) is 14.0. The summed E-state index contributed by atoms with van der Waals surface area (Å²) in [4.78, 5) is 27.7. The van der Waals surface area contributed by atoms with Crippen molar-refractivity contribution in [3.8, 4) is 0 Å². The number of allylic oxidation sites excluding steroid dienone is 2. The van der Waals surface area contributed by atoms with Crippen molar-refractivity contribution in [2.75, 3.05) is 10.7 Å². The van der Waals surface area contributed by atoms with Crippen LogP contribution in [0.4, 0.5) is 5.13 Å². The van der Waals surface area contributed by atoms with Crippen LogP contribution in [0.5, 0.6) is 0 Å². The Morgan fingerprint density at radius 1 is 1.24 bits per heavy atom. The first-order valence-electron chi connectivity index (χ1n) is 9.50. The van der Waals surface area contributed by atoms with Crippen molar-refractivity contribution in [2.45, 2.75) is 49.3 Å². The number of Topliss-reactive ketones (excluding diaryl/α,β-unsaturated/α-hetero) is 1. The SMILES string of the molecule is CCCSc1nnc(N2C(=O)C[C@@H](c3cccc(Cl)c3Cl)C3=C2CCCC3=O)s1. The number of hydrogen-bond donors (Lipinski definition) is 0. The van der Waals surface area contributed by atoms with E-state index in [9.17, 15) is 9.59 Å². The Bertz CT molecular complexity index is 1010. The van der Waals surface area contributed by atoms with Crippen LogP contribution in [0.2, 0.25) is 10.0 Å². The summed E-state index contributed by atoms with van der Waals surface area (Å²) < 4.78 is 0.832. The van der Waals surface area contributed by atoms with Crippen molar-refractivity contribution in [1.82, 2.24) is 10.2 Å². The van der Waals surface area contributed by atoms with Crippen LogP contribution < -0.4 is 4.90 Å². The van der Waals surface area contributed by atoms with Crippen LogP contribution in [0, 0.1) is 0 Å². The van der Waals surface area contributed by atoms with Gasteiger partial charge in [-0.05, 0) is 30.9 Å². The standard InChI is InChI=1S/C20H19Cl2N3O2S2/c1-2-9-28-20-24-23-19(29-20)25-14-7-4-8-15(26)17(14)12(10-16(25)27)11-5-3-6-13(21)18(11)22/h3,5-6,12H,2,4,7-10H2,1H3/t12-/m0/s1. The van der Waals surface area contributed by atoms with Gasteiger partial charge in [0.2, 0.25) is 11.0 Å². The van der Waals surface area contributed by atoms with Crippen LogP contribution in [0.25, 0.3) is 0 Å². The Kier molecular flexibility index (Phi) is 6.30. The van der Waals surface area contributed by atoms with Gasteiger partial charge in [0.15, 0.2) is 10.1 Å². The third kappa shape index (κ3) is 3.98. The summed E-state index contributed by atoms with van der Waals surface area (Å²) in [6.45, 7) is 2.11. The van der Waals surface area contributed by atoms with Gasteiger partial charge >= 0.3 is 0 Å². The molecule has 29 heavy (non-hydrogen) atoms. The molecule has 0 radical (unpaired) electrons. The summed E-state index contributed by atoms with van der Waals surface area (Å²) in [6, 6.07) is 5.35. The second kappa shape index (κ2) is 8.76. The Hall–Kier alpha value is -1.41. The highest BCUT2D eigenvalue weighted by atomic mass is 35.5. The maximum absolute atomic E-state index is 13.2. The Morgan fingerprint density at radius 2 is 2.07 bits per heavy atom. The number of rotatable bonds is 5. The molecule has 2 aromatic rings. The number of benzene rings is 1. The molecule has 1 atom stereocenters. The third-order valence-electron chi connectivity index (χ3n) is 5.05. The minimum atomic E-state index is -0.380. The summed E-state index contributed by atoms with van der Waals surface area (Å²) in [5, 5.41) is 9.82. The van der Waals surface area contributed by atoms with Crippen LogP contribution in [-0.2, 0) is 9.59 Å². The Balaban J connectivity index is 1.79. The monoisotopic (exact) mass is 467 g/mol. The second-order valence-electron chi connectivity index (χ2n) is 6.97. The van der Waals surface area contributed by atoms with Crippen LogP contribution in [0.15, 0.2) is 33.8 Å². The van der Waals surface area contributed by atoms with Gasteiger partial charge < -0.3 is 0 Å². The van der Waals surface area contributed by atoms with Gasteiger partial charge in [-0.25, -0.2) is 0 Å². The summed E-state index contributed by atoms with van der Waals surface area (Å²) in [5.74, 6) is 0.539. The van der Waals surface area contributed by atoms with Crippen molar-refractivity contribution in [2.24, 2.45) is 0 Å². The first kappa shape index (κ1) is 20.8. The third-order valence-corrected chi connectivity index (χ3v) is 8.13. The van der Waals surface area contributed by atoms with E-state index < -0.39 is 0 Å². The number of amides is 1. The summed E-state index contributed by atoms with van der Waals surface area (Å²) in [6.07, 6.45) is 3.03. The molecule has 1 aromatic carbocycles. The lowest BCUT2D eigenvalue weighted by Crippen LogP contribution is -2.40. The summed E-state index contributed by atoms with van der Waals surface area (Å²) in [7, 11) is 0. The number of nitrogens with zero attached hydrogens (tertiary/aromatic N) is 3. The maximum atomic E-state index is 13.2. The molecule has 9 heteroatoms. The molecular formula is C20H19Cl2N3O2S2. The molecule has 0 N–H and O–H groups in total. The van der Waals surface area contributed by atoms with Crippen molar-refractivity contribution in [3.63, 3.8) is 0 Å². The van der Waals surface area contributed by atoms with E-state index >= 15 is 0 Å². The topological polar surface area (TPSA) is 63.2 Å². The molecule has 1 aliphatic heterocycles. The number of aromatic nitrogens is 2. The van der Waals surface area contributed by atoms with Gasteiger partial charge in [-0.3, -0.25) is 14.5 Å². The van der Waals surface area contributed by atoms with Crippen molar-refractivity contribution >= 4 is 63.1 Å². The van der Waals surface area contributed by atoms with E-state index in [0.29, 0.717) is 40.0 Å². The minimum Gasteiger partial charge on any atom is -0.294 e. The predicted octanol–water partition coefficient (Wildman–Crippen LogP) is 5.87. The molecular weight excluding hydrogens is 449 g/mol. The van der Waals surface area contributed by atoms with Gasteiger partial charge in [0.25, 0.3) is 0 Å². The van der Waals surface area contributed by atoms with Gasteiger partial charge in [-0.15, -0.1) is 10.2 Å². The van der Waals surface area contributed by atoms with Crippen molar-refractivity contribution in [1.29, 1.82) is 0 Å². The summed E-state index contributed by atoms with van der Waals surface area (Å²) in [5.41, 5.74) is 2.13. The molecule has 2 aliphatic rings. The fourth-order valence-corrected chi connectivity index (χ4v) is 6.06. The Labute approximate surface area is 187 Å². The molecule has 0 spiro atoms. The largest absolute Gasteiger partial charge is 0.294 e. The average Bonchev–Trinajstić information content (AvgIpc) is 3.16. The van der Waals surface area contributed by atoms with Gasteiger partial charge in [0, 0.05) is 35.8 Å².